The summed E-state index contributed by atoms with van der Waals surface area (Å²) in [6, 6.07) is 22.6. The van der Waals surface area contributed by atoms with Crippen molar-refractivity contribution in [3.05, 3.63) is 89.5 Å². The summed E-state index contributed by atoms with van der Waals surface area (Å²) < 4.78 is 0. The van der Waals surface area contributed by atoms with Crippen molar-refractivity contribution in [1.29, 1.82) is 0 Å². The van der Waals surface area contributed by atoms with Gasteiger partial charge in [0.05, 0.1) is 11.4 Å². The van der Waals surface area contributed by atoms with Crippen molar-refractivity contribution in [2.24, 2.45) is 10.2 Å². The van der Waals surface area contributed by atoms with E-state index < -0.39 is 0 Å². The lowest BCUT2D eigenvalue weighted by Crippen LogP contribution is -2.11. The second kappa shape index (κ2) is 7.53. The predicted molar refractivity (Wildman–Crippen MR) is 101 cm³/mol. The lowest BCUT2D eigenvalue weighted by atomic mass is 10.2. The predicted octanol–water partition coefficient (Wildman–Crippen LogP) is 5.97. The molecular formula is C21H19N3O. The van der Waals surface area contributed by atoms with Gasteiger partial charge in [0.2, 0.25) is 0 Å². The zero-order valence-electron chi connectivity index (χ0n) is 14.2. The maximum Gasteiger partial charge on any atom is 0.255 e. The van der Waals surface area contributed by atoms with Gasteiger partial charge in [0.25, 0.3) is 5.91 Å². The molecule has 0 bridgehead atoms. The lowest BCUT2D eigenvalue weighted by Gasteiger charge is -2.05. The van der Waals surface area contributed by atoms with Gasteiger partial charge in [0, 0.05) is 11.3 Å². The van der Waals surface area contributed by atoms with Gasteiger partial charge in [-0.2, -0.15) is 10.2 Å². The molecule has 3 rings (SSSR count). The summed E-state index contributed by atoms with van der Waals surface area (Å²) in [7, 11) is 0. The fourth-order valence-electron chi connectivity index (χ4n) is 2.25. The first-order valence-electron chi connectivity index (χ1n) is 8.07. The molecular weight excluding hydrogens is 310 g/mol. The number of benzene rings is 3. The Balaban J connectivity index is 1.66. The first kappa shape index (κ1) is 16.6. The fourth-order valence-corrected chi connectivity index (χ4v) is 2.25. The summed E-state index contributed by atoms with van der Waals surface area (Å²) in [4.78, 5) is 12.3. The number of anilines is 1. The van der Waals surface area contributed by atoms with E-state index in [1.54, 1.807) is 24.3 Å². The van der Waals surface area contributed by atoms with Crippen molar-refractivity contribution < 1.29 is 4.79 Å². The first-order chi connectivity index (χ1) is 12.1. The average molecular weight is 329 g/mol. The third-order valence-corrected chi connectivity index (χ3v) is 3.75. The number of amides is 1. The molecule has 0 saturated heterocycles. The SMILES string of the molecule is Cc1ccc(N=Nc2ccc(C(=O)Nc3ccc(C)cc3)cc2)cc1. The van der Waals surface area contributed by atoms with E-state index in [1.165, 1.54) is 5.56 Å². The lowest BCUT2D eigenvalue weighted by molar-refractivity contribution is 0.102. The highest BCUT2D eigenvalue weighted by atomic mass is 16.1. The summed E-state index contributed by atoms with van der Waals surface area (Å²) in [5.74, 6) is -0.147. The van der Waals surface area contributed by atoms with Gasteiger partial charge in [-0.25, -0.2) is 0 Å². The molecule has 0 saturated carbocycles. The minimum atomic E-state index is -0.147. The monoisotopic (exact) mass is 329 g/mol. The topological polar surface area (TPSA) is 53.8 Å². The van der Waals surface area contributed by atoms with Crippen LogP contribution >= 0.6 is 0 Å². The number of hydrogen-bond donors (Lipinski definition) is 1. The van der Waals surface area contributed by atoms with E-state index in [4.69, 9.17) is 0 Å². The molecule has 0 aliphatic rings. The van der Waals surface area contributed by atoms with E-state index in [2.05, 4.69) is 15.5 Å². The largest absolute Gasteiger partial charge is 0.322 e. The van der Waals surface area contributed by atoms with Crippen molar-refractivity contribution in [2.75, 3.05) is 5.32 Å². The van der Waals surface area contributed by atoms with Gasteiger partial charge in [-0.1, -0.05) is 35.4 Å². The number of hydrogen-bond acceptors (Lipinski definition) is 3. The number of rotatable bonds is 4. The number of nitrogens with one attached hydrogen (secondary N) is 1. The van der Waals surface area contributed by atoms with E-state index in [0.29, 0.717) is 11.3 Å². The minimum Gasteiger partial charge on any atom is -0.322 e. The molecule has 3 aromatic rings. The second-order valence-electron chi connectivity index (χ2n) is 5.90. The van der Waals surface area contributed by atoms with E-state index in [9.17, 15) is 4.79 Å². The third kappa shape index (κ3) is 4.61. The highest BCUT2D eigenvalue weighted by Crippen LogP contribution is 2.19. The van der Waals surface area contributed by atoms with Crippen LogP contribution in [0.3, 0.4) is 0 Å². The van der Waals surface area contributed by atoms with E-state index in [0.717, 1.165) is 16.9 Å². The molecule has 1 N–H and O–H groups in total. The Hall–Kier alpha value is -3.27. The van der Waals surface area contributed by atoms with Gasteiger partial charge >= 0.3 is 0 Å². The first-order valence-corrected chi connectivity index (χ1v) is 8.07. The zero-order chi connectivity index (χ0) is 17.6. The Morgan fingerprint density at radius 2 is 1.12 bits per heavy atom. The third-order valence-electron chi connectivity index (χ3n) is 3.75. The van der Waals surface area contributed by atoms with Crippen LogP contribution in [0.1, 0.15) is 21.5 Å². The molecule has 0 aliphatic carbocycles. The Morgan fingerprint density at radius 1 is 0.680 bits per heavy atom. The maximum absolute atomic E-state index is 12.3. The standard InChI is InChI=1S/C21H19N3O/c1-15-3-9-18(10-4-15)22-21(25)17-7-13-20(14-8-17)24-23-19-11-5-16(2)6-12-19/h3-14H,1-2H3,(H,22,25). The molecule has 0 fully saturated rings. The number of carbonyl (C=O) groups is 1. The van der Waals surface area contributed by atoms with Crippen molar-refractivity contribution >= 4 is 23.0 Å². The normalized spacial score (nSPS) is 10.8. The molecule has 0 aliphatic heterocycles. The quantitative estimate of drug-likeness (QED) is 0.589. The van der Waals surface area contributed by atoms with Crippen molar-refractivity contribution in [3.8, 4) is 0 Å². The van der Waals surface area contributed by atoms with Crippen LogP contribution in [0.2, 0.25) is 0 Å². The number of carbonyl (C=O) groups excluding carboxylic acids is 1. The molecule has 0 unspecified atom stereocenters. The Morgan fingerprint density at radius 3 is 1.64 bits per heavy atom. The van der Waals surface area contributed by atoms with Crippen LogP contribution in [0.25, 0.3) is 0 Å². The molecule has 124 valence electrons. The Kier molecular flexibility index (Phi) is 5.00. The number of nitrogens with zero attached hydrogens (tertiary/aromatic N) is 2. The molecule has 0 atom stereocenters. The van der Waals surface area contributed by atoms with Crippen molar-refractivity contribution in [3.63, 3.8) is 0 Å². The van der Waals surface area contributed by atoms with Crippen LogP contribution in [0.5, 0.6) is 0 Å². The van der Waals surface area contributed by atoms with Crippen molar-refractivity contribution in [2.45, 2.75) is 13.8 Å². The highest BCUT2D eigenvalue weighted by Gasteiger charge is 2.05. The van der Waals surface area contributed by atoms with Crippen molar-refractivity contribution in [1.82, 2.24) is 0 Å². The smallest absolute Gasteiger partial charge is 0.255 e. The highest BCUT2D eigenvalue weighted by molar-refractivity contribution is 6.04. The Bertz CT molecular complexity index is 880. The summed E-state index contributed by atoms with van der Waals surface area (Å²) in [6.45, 7) is 4.04. The minimum absolute atomic E-state index is 0.147. The summed E-state index contributed by atoms with van der Waals surface area (Å²) in [6.07, 6.45) is 0. The molecule has 0 aromatic heterocycles. The molecule has 0 radical (unpaired) electrons. The van der Waals surface area contributed by atoms with Crippen LogP contribution in [0, 0.1) is 13.8 Å². The number of azo groups is 1. The van der Waals surface area contributed by atoms with E-state index in [1.807, 2.05) is 62.4 Å². The molecule has 0 heterocycles. The van der Waals surface area contributed by atoms with Crippen LogP contribution in [0.15, 0.2) is 83.0 Å². The Labute approximate surface area is 147 Å². The molecule has 1 amide bonds. The average Bonchev–Trinajstić information content (AvgIpc) is 2.63. The summed E-state index contributed by atoms with van der Waals surface area (Å²) >= 11 is 0. The van der Waals surface area contributed by atoms with Gasteiger partial charge in [-0.15, -0.1) is 0 Å². The van der Waals surface area contributed by atoms with Gasteiger partial charge < -0.3 is 5.32 Å². The molecule has 4 heteroatoms. The van der Waals surface area contributed by atoms with Crippen LogP contribution in [0.4, 0.5) is 17.1 Å². The molecule has 4 nitrogen and oxygen atoms in total. The number of aryl methyl sites for hydroxylation is 2. The fraction of sp³-hybridized carbons (Fsp3) is 0.0952. The van der Waals surface area contributed by atoms with Crippen LogP contribution in [-0.2, 0) is 0 Å². The molecule has 0 spiro atoms. The second-order valence-corrected chi connectivity index (χ2v) is 5.90. The summed E-state index contributed by atoms with van der Waals surface area (Å²) in [5.41, 5.74) is 5.19. The van der Waals surface area contributed by atoms with Crippen LogP contribution in [-0.4, -0.2) is 5.91 Å². The maximum atomic E-state index is 12.3. The summed E-state index contributed by atoms with van der Waals surface area (Å²) in [5, 5.41) is 11.3. The molecule has 25 heavy (non-hydrogen) atoms. The zero-order valence-corrected chi connectivity index (χ0v) is 14.2. The van der Waals surface area contributed by atoms with Gasteiger partial charge in [0.15, 0.2) is 0 Å². The molecule has 3 aromatic carbocycles. The van der Waals surface area contributed by atoms with Gasteiger partial charge in [-0.05, 0) is 62.4 Å². The van der Waals surface area contributed by atoms with Crippen LogP contribution < -0.4 is 5.32 Å². The van der Waals surface area contributed by atoms with E-state index in [-0.39, 0.29) is 5.91 Å². The van der Waals surface area contributed by atoms with E-state index >= 15 is 0 Å². The van der Waals surface area contributed by atoms with Gasteiger partial charge in [0.1, 0.15) is 0 Å². The van der Waals surface area contributed by atoms with Gasteiger partial charge in [-0.3, -0.25) is 4.79 Å².